The summed E-state index contributed by atoms with van der Waals surface area (Å²) in [6.45, 7) is 6.92. The van der Waals surface area contributed by atoms with Gasteiger partial charge in [-0.25, -0.2) is 0 Å². The van der Waals surface area contributed by atoms with Crippen molar-refractivity contribution in [3.63, 3.8) is 0 Å². The number of hydrogen-bond acceptors (Lipinski definition) is 5. The number of ether oxygens (including phenoxy) is 2. The molecule has 0 radical (unpaired) electrons. The Balaban J connectivity index is 1.56. The van der Waals surface area contributed by atoms with Crippen molar-refractivity contribution in [3.05, 3.63) is 23.8 Å². The van der Waals surface area contributed by atoms with Crippen molar-refractivity contribution >= 4 is 11.7 Å². The van der Waals surface area contributed by atoms with Gasteiger partial charge < -0.3 is 14.4 Å². The molecule has 1 aromatic carbocycles. The van der Waals surface area contributed by atoms with Gasteiger partial charge in [-0.1, -0.05) is 0 Å². The van der Waals surface area contributed by atoms with Crippen molar-refractivity contribution < 1.29 is 19.1 Å². The molecular weight excluding hydrogens is 332 g/mol. The monoisotopic (exact) mass is 360 g/mol. The topological polar surface area (TPSA) is 59.1 Å². The zero-order chi connectivity index (χ0) is 18.7. The number of piperidine rings is 1. The first-order valence-corrected chi connectivity index (χ1v) is 9.37. The molecule has 2 aliphatic heterocycles. The van der Waals surface area contributed by atoms with Crippen LogP contribution in [0.15, 0.2) is 18.2 Å². The number of carbonyl (C=O) groups excluding carboxylic acids is 2. The van der Waals surface area contributed by atoms with Gasteiger partial charge in [0.15, 0.2) is 17.3 Å². The van der Waals surface area contributed by atoms with E-state index in [1.54, 1.807) is 6.07 Å². The number of rotatable bonds is 5. The molecule has 6 heteroatoms. The molecule has 0 bridgehead atoms. The van der Waals surface area contributed by atoms with E-state index in [0.717, 1.165) is 0 Å². The minimum atomic E-state index is -0.0376. The van der Waals surface area contributed by atoms with Crippen molar-refractivity contribution in [2.24, 2.45) is 5.92 Å². The molecule has 0 atom stereocenters. The number of likely N-dealkylation sites (tertiary alicyclic amines) is 1. The van der Waals surface area contributed by atoms with Gasteiger partial charge in [0.25, 0.3) is 0 Å². The van der Waals surface area contributed by atoms with Gasteiger partial charge in [0.2, 0.25) is 5.91 Å². The van der Waals surface area contributed by atoms with Crippen LogP contribution in [-0.2, 0) is 4.79 Å². The number of nitrogens with zero attached hydrogens (tertiary/aromatic N) is 2. The molecule has 26 heavy (non-hydrogen) atoms. The van der Waals surface area contributed by atoms with Crippen LogP contribution in [-0.4, -0.2) is 67.4 Å². The molecule has 1 aromatic rings. The molecule has 0 spiro atoms. The number of amides is 1. The van der Waals surface area contributed by atoms with E-state index >= 15 is 0 Å². The highest BCUT2D eigenvalue weighted by atomic mass is 16.6. The number of ketones is 1. The van der Waals surface area contributed by atoms with Gasteiger partial charge in [0, 0.05) is 30.6 Å². The van der Waals surface area contributed by atoms with Crippen molar-refractivity contribution in [2.45, 2.75) is 32.7 Å². The lowest BCUT2D eigenvalue weighted by Crippen LogP contribution is -2.45. The van der Waals surface area contributed by atoms with Crippen LogP contribution in [0.1, 0.15) is 37.0 Å². The van der Waals surface area contributed by atoms with Crippen molar-refractivity contribution in [3.8, 4) is 11.5 Å². The zero-order valence-electron chi connectivity index (χ0n) is 15.9. The fourth-order valence-corrected chi connectivity index (χ4v) is 3.32. The second-order valence-electron chi connectivity index (χ2n) is 7.39. The number of likely N-dealkylation sites (N-methyl/N-ethyl adjacent to an activating group) is 1. The van der Waals surface area contributed by atoms with E-state index in [-0.39, 0.29) is 17.6 Å². The SMILES string of the molecule is CC(C)N(C)CC(=O)N1CCC(C(=O)c2ccc3c(c2)OCCO3)CC1. The summed E-state index contributed by atoms with van der Waals surface area (Å²) >= 11 is 0. The largest absolute Gasteiger partial charge is 0.486 e. The molecule has 2 heterocycles. The summed E-state index contributed by atoms with van der Waals surface area (Å²) in [5.74, 6) is 1.58. The number of carbonyl (C=O) groups is 2. The van der Waals surface area contributed by atoms with E-state index in [2.05, 4.69) is 13.8 Å². The number of benzene rings is 1. The molecule has 0 N–H and O–H groups in total. The minimum Gasteiger partial charge on any atom is -0.486 e. The summed E-state index contributed by atoms with van der Waals surface area (Å²) in [5, 5.41) is 0. The van der Waals surface area contributed by atoms with Crippen LogP contribution in [0.3, 0.4) is 0 Å². The molecule has 2 aliphatic rings. The second kappa shape index (κ2) is 8.08. The van der Waals surface area contributed by atoms with Crippen LogP contribution in [0.5, 0.6) is 11.5 Å². The van der Waals surface area contributed by atoms with Crippen LogP contribution < -0.4 is 9.47 Å². The number of hydrogen-bond donors (Lipinski definition) is 0. The van der Waals surface area contributed by atoms with Crippen LogP contribution >= 0.6 is 0 Å². The van der Waals surface area contributed by atoms with Crippen molar-refractivity contribution in [1.82, 2.24) is 9.80 Å². The lowest BCUT2D eigenvalue weighted by molar-refractivity contribution is -0.133. The Hall–Kier alpha value is -2.08. The fourth-order valence-electron chi connectivity index (χ4n) is 3.32. The fraction of sp³-hybridized carbons (Fsp3) is 0.600. The van der Waals surface area contributed by atoms with Crippen LogP contribution in [0.25, 0.3) is 0 Å². The highest BCUT2D eigenvalue weighted by molar-refractivity contribution is 5.98. The van der Waals surface area contributed by atoms with Gasteiger partial charge in [-0.3, -0.25) is 14.5 Å². The first kappa shape index (κ1) is 18.7. The lowest BCUT2D eigenvalue weighted by Gasteiger charge is -2.33. The summed E-state index contributed by atoms with van der Waals surface area (Å²) in [6.07, 6.45) is 1.43. The Bertz CT molecular complexity index is 666. The maximum absolute atomic E-state index is 12.8. The van der Waals surface area contributed by atoms with E-state index in [1.165, 1.54) is 0 Å². The Morgan fingerprint density at radius 3 is 2.46 bits per heavy atom. The predicted molar refractivity (Wildman–Crippen MR) is 98.8 cm³/mol. The Morgan fingerprint density at radius 1 is 1.15 bits per heavy atom. The molecule has 0 unspecified atom stereocenters. The summed E-state index contributed by atoms with van der Waals surface area (Å²) < 4.78 is 11.1. The van der Waals surface area contributed by atoms with Crippen molar-refractivity contribution in [2.75, 3.05) is 39.9 Å². The molecule has 6 nitrogen and oxygen atoms in total. The molecule has 1 saturated heterocycles. The van der Waals surface area contributed by atoms with Crippen molar-refractivity contribution in [1.29, 1.82) is 0 Å². The third-order valence-corrected chi connectivity index (χ3v) is 5.31. The average molecular weight is 360 g/mol. The van der Waals surface area contributed by atoms with Crippen LogP contribution in [0.4, 0.5) is 0 Å². The molecular formula is C20H28N2O4. The van der Waals surface area contributed by atoms with E-state index in [4.69, 9.17) is 9.47 Å². The van der Waals surface area contributed by atoms with Gasteiger partial charge in [0.1, 0.15) is 13.2 Å². The minimum absolute atomic E-state index is 0.0376. The van der Waals surface area contributed by atoms with E-state index in [1.807, 2.05) is 29.0 Å². The molecule has 0 saturated carbocycles. The average Bonchev–Trinajstić information content (AvgIpc) is 2.67. The van der Waals surface area contributed by atoms with Crippen LogP contribution in [0, 0.1) is 5.92 Å². The van der Waals surface area contributed by atoms with Crippen LogP contribution in [0.2, 0.25) is 0 Å². The highest BCUT2D eigenvalue weighted by Gasteiger charge is 2.29. The first-order chi connectivity index (χ1) is 12.5. The normalized spacial score (nSPS) is 17.7. The molecule has 0 aliphatic carbocycles. The Labute approximate surface area is 155 Å². The van der Waals surface area contributed by atoms with Gasteiger partial charge in [-0.2, -0.15) is 0 Å². The maximum atomic E-state index is 12.8. The van der Waals surface area contributed by atoms with E-state index in [0.29, 0.717) is 68.8 Å². The van der Waals surface area contributed by atoms with Gasteiger partial charge in [0.05, 0.1) is 6.54 Å². The Morgan fingerprint density at radius 2 is 1.81 bits per heavy atom. The molecule has 1 fully saturated rings. The smallest absolute Gasteiger partial charge is 0.236 e. The maximum Gasteiger partial charge on any atom is 0.236 e. The summed E-state index contributed by atoms with van der Waals surface area (Å²) in [6, 6.07) is 5.74. The highest BCUT2D eigenvalue weighted by Crippen LogP contribution is 2.32. The molecule has 0 aromatic heterocycles. The predicted octanol–water partition coefficient (Wildman–Crippen LogP) is 2.22. The number of Topliss-reactive ketones (excluding diaryl/α,β-unsaturated/α-hetero) is 1. The second-order valence-corrected chi connectivity index (χ2v) is 7.39. The standard InChI is InChI=1S/C20H28N2O4/c1-14(2)21(3)13-19(23)22-8-6-15(7-9-22)20(24)16-4-5-17-18(12-16)26-11-10-25-17/h4-5,12,14-15H,6-11,13H2,1-3H3. The third kappa shape index (κ3) is 4.18. The zero-order valence-corrected chi connectivity index (χ0v) is 15.9. The summed E-state index contributed by atoms with van der Waals surface area (Å²) in [5.41, 5.74) is 0.665. The molecule has 142 valence electrons. The third-order valence-electron chi connectivity index (χ3n) is 5.31. The summed E-state index contributed by atoms with van der Waals surface area (Å²) in [4.78, 5) is 29.1. The molecule has 3 rings (SSSR count). The Kier molecular flexibility index (Phi) is 5.81. The lowest BCUT2D eigenvalue weighted by atomic mass is 9.88. The van der Waals surface area contributed by atoms with E-state index in [9.17, 15) is 9.59 Å². The van der Waals surface area contributed by atoms with Gasteiger partial charge in [-0.15, -0.1) is 0 Å². The quantitative estimate of drug-likeness (QED) is 0.754. The first-order valence-electron chi connectivity index (χ1n) is 9.37. The van der Waals surface area contributed by atoms with Gasteiger partial charge in [-0.05, 0) is 51.9 Å². The molecule has 1 amide bonds. The summed E-state index contributed by atoms with van der Waals surface area (Å²) in [7, 11) is 1.96. The number of fused-ring (bicyclic) bond motifs is 1. The van der Waals surface area contributed by atoms with E-state index < -0.39 is 0 Å². The van der Waals surface area contributed by atoms with Gasteiger partial charge >= 0.3 is 0 Å².